The van der Waals surface area contributed by atoms with E-state index in [0.29, 0.717) is 18.7 Å². The summed E-state index contributed by atoms with van der Waals surface area (Å²) >= 11 is 0. The Bertz CT molecular complexity index is 567. The fourth-order valence-electron chi connectivity index (χ4n) is 1.78. The van der Waals surface area contributed by atoms with Crippen molar-refractivity contribution in [2.75, 3.05) is 0 Å². The maximum atomic E-state index is 10.9. The number of pyridine rings is 1. The Hall–Kier alpha value is -2.27. The summed E-state index contributed by atoms with van der Waals surface area (Å²) in [6, 6.07) is 10.7. The summed E-state index contributed by atoms with van der Waals surface area (Å²) in [6.45, 7) is 3.04. The van der Waals surface area contributed by atoms with Gasteiger partial charge in [0.2, 0.25) is 0 Å². The van der Waals surface area contributed by atoms with E-state index >= 15 is 0 Å². The first-order chi connectivity index (χ1) is 9.16. The van der Waals surface area contributed by atoms with Gasteiger partial charge in [-0.15, -0.1) is 0 Å². The second kappa shape index (κ2) is 6.06. The minimum atomic E-state index is -0.357. The standard InChI is InChI=1S/C14H15N3O2/c1-11-6-7-12(9-16-11)8-15-10-13-4-2-3-5-14(13)17(18)19/h2-7,9,15H,8,10H2,1H3. The summed E-state index contributed by atoms with van der Waals surface area (Å²) in [4.78, 5) is 14.7. The van der Waals surface area contributed by atoms with Crippen LogP contribution >= 0.6 is 0 Å². The van der Waals surface area contributed by atoms with Gasteiger partial charge in [0.15, 0.2) is 0 Å². The summed E-state index contributed by atoms with van der Waals surface area (Å²) in [5.41, 5.74) is 2.87. The van der Waals surface area contributed by atoms with Gasteiger partial charge < -0.3 is 5.32 Å². The lowest BCUT2D eigenvalue weighted by molar-refractivity contribution is -0.385. The zero-order valence-electron chi connectivity index (χ0n) is 10.7. The maximum Gasteiger partial charge on any atom is 0.273 e. The molecular weight excluding hydrogens is 242 g/mol. The molecule has 0 radical (unpaired) electrons. The van der Waals surface area contributed by atoms with E-state index in [1.807, 2.05) is 25.3 Å². The molecule has 0 bridgehead atoms. The van der Waals surface area contributed by atoms with E-state index in [1.54, 1.807) is 18.2 Å². The molecule has 0 aliphatic heterocycles. The SMILES string of the molecule is Cc1ccc(CNCc2ccccc2[N+](=O)[O-])cn1. The molecule has 0 spiro atoms. The molecule has 1 aromatic carbocycles. The number of aryl methyl sites for hydroxylation is 1. The van der Waals surface area contributed by atoms with Gasteiger partial charge in [0, 0.05) is 36.6 Å². The second-order valence-electron chi connectivity index (χ2n) is 4.30. The Labute approximate surface area is 111 Å². The van der Waals surface area contributed by atoms with Gasteiger partial charge in [-0.3, -0.25) is 15.1 Å². The van der Waals surface area contributed by atoms with Crippen molar-refractivity contribution in [3.05, 3.63) is 69.5 Å². The van der Waals surface area contributed by atoms with E-state index in [-0.39, 0.29) is 10.6 Å². The van der Waals surface area contributed by atoms with Crippen LogP contribution in [-0.4, -0.2) is 9.91 Å². The van der Waals surface area contributed by atoms with Crippen molar-refractivity contribution in [1.82, 2.24) is 10.3 Å². The largest absolute Gasteiger partial charge is 0.308 e. The molecule has 0 aliphatic carbocycles. The highest BCUT2D eigenvalue weighted by molar-refractivity contribution is 5.39. The summed E-state index contributed by atoms with van der Waals surface area (Å²) in [5, 5.41) is 14.0. The van der Waals surface area contributed by atoms with Gasteiger partial charge in [-0.1, -0.05) is 24.3 Å². The van der Waals surface area contributed by atoms with Crippen molar-refractivity contribution in [2.45, 2.75) is 20.0 Å². The molecule has 0 atom stereocenters. The fourth-order valence-corrected chi connectivity index (χ4v) is 1.78. The Morgan fingerprint density at radius 1 is 1.21 bits per heavy atom. The van der Waals surface area contributed by atoms with Gasteiger partial charge in [0.1, 0.15) is 0 Å². The van der Waals surface area contributed by atoms with Crippen LogP contribution in [0, 0.1) is 17.0 Å². The highest BCUT2D eigenvalue weighted by Crippen LogP contribution is 2.17. The Balaban J connectivity index is 1.96. The van der Waals surface area contributed by atoms with E-state index in [0.717, 1.165) is 11.3 Å². The van der Waals surface area contributed by atoms with E-state index in [9.17, 15) is 10.1 Å². The quantitative estimate of drug-likeness (QED) is 0.660. The third-order valence-corrected chi connectivity index (χ3v) is 2.81. The van der Waals surface area contributed by atoms with E-state index in [1.165, 1.54) is 6.07 Å². The number of hydrogen-bond acceptors (Lipinski definition) is 4. The number of benzene rings is 1. The summed E-state index contributed by atoms with van der Waals surface area (Å²) in [6.07, 6.45) is 1.81. The van der Waals surface area contributed by atoms with Crippen LogP contribution in [0.15, 0.2) is 42.6 Å². The van der Waals surface area contributed by atoms with Crippen molar-refractivity contribution in [3.8, 4) is 0 Å². The predicted molar refractivity (Wildman–Crippen MR) is 72.6 cm³/mol. The molecule has 0 amide bonds. The average molecular weight is 257 g/mol. The minimum Gasteiger partial charge on any atom is -0.308 e. The molecule has 5 nitrogen and oxygen atoms in total. The maximum absolute atomic E-state index is 10.9. The first-order valence-corrected chi connectivity index (χ1v) is 6.01. The molecule has 0 aliphatic rings. The lowest BCUT2D eigenvalue weighted by Gasteiger charge is -2.05. The van der Waals surface area contributed by atoms with E-state index < -0.39 is 0 Å². The molecule has 1 aromatic heterocycles. The van der Waals surface area contributed by atoms with E-state index in [4.69, 9.17) is 0 Å². The number of para-hydroxylation sites is 1. The third-order valence-electron chi connectivity index (χ3n) is 2.81. The lowest BCUT2D eigenvalue weighted by Crippen LogP contribution is -2.14. The summed E-state index contributed by atoms with van der Waals surface area (Å²) in [5.74, 6) is 0. The average Bonchev–Trinajstić information content (AvgIpc) is 2.41. The van der Waals surface area contributed by atoms with Crippen LogP contribution in [0.25, 0.3) is 0 Å². The van der Waals surface area contributed by atoms with Crippen molar-refractivity contribution in [3.63, 3.8) is 0 Å². The molecule has 0 saturated heterocycles. The number of hydrogen-bond donors (Lipinski definition) is 1. The smallest absolute Gasteiger partial charge is 0.273 e. The van der Waals surface area contributed by atoms with Crippen molar-refractivity contribution in [2.24, 2.45) is 0 Å². The molecular formula is C14H15N3O2. The van der Waals surface area contributed by atoms with Crippen LogP contribution in [-0.2, 0) is 13.1 Å². The molecule has 19 heavy (non-hydrogen) atoms. The van der Waals surface area contributed by atoms with Crippen molar-refractivity contribution < 1.29 is 4.92 Å². The molecule has 1 N–H and O–H groups in total. The number of aromatic nitrogens is 1. The van der Waals surface area contributed by atoms with Crippen molar-refractivity contribution in [1.29, 1.82) is 0 Å². The molecule has 2 aromatic rings. The highest BCUT2D eigenvalue weighted by Gasteiger charge is 2.11. The first kappa shape index (κ1) is 13.2. The molecule has 98 valence electrons. The number of nitro groups is 1. The number of nitrogens with one attached hydrogen (secondary N) is 1. The van der Waals surface area contributed by atoms with Crippen molar-refractivity contribution >= 4 is 5.69 Å². The van der Waals surface area contributed by atoms with E-state index in [2.05, 4.69) is 10.3 Å². The summed E-state index contributed by atoms with van der Waals surface area (Å²) < 4.78 is 0. The molecule has 5 heteroatoms. The molecule has 1 heterocycles. The van der Waals surface area contributed by atoms with Crippen LogP contribution in [0.2, 0.25) is 0 Å². The van der Waals surface area contributed by atoms with Gasteiger partial charge in [-0.05, 0) is 18.6 Å². The number of nitrogens with zero attached hydrogens (tertiary/aromatic N) is 2. The second-order valence-corrected chi connectivity index (χ2v) is 4.30. The number of nitro benzene ring substituents is 1. The monoisotopic (exact) mass is 257 g/mol. The summed E-state index contributed by atoms with van der Waals surface area (Å²) in [7, 11) is 0. The minimum absolute atomic E-state index is 0.150. The lowest BCUT2D eigenvalue weighted by atomic mass is 10.1. The fraction of sp³-hybridized carbons (Fsp3) is 0.214. The van der Waals surface area contributed by atoms with Crippen LogP contribution in [0.4, 0.5) is 5.69 Å². The Morgan fingerprint density at radius 3 is 2.68 bits per heavy atom. The molecule has 0 fully saturated rings. The van der Waals surface area contributed by atoms with Gasteiger partial charge in [-0.25, -0.2) is 0 Å². The van der Waals surface area contributed by atoms with Crippen LogP contribution in [0.5, 0.6) is 0 Å². The van der Waals surface area contributed by atoms with Crippen LogP contribution in [0.3, 0.4) is 0 Å². The predicted octanol–water partition coefficient (Wildman–Crippen LogP) is 2.59. The van der Waals surface area contributed by atoms with Gasteiger partial charge in [0.05, 0.1) is 4.92 Å². The molecule has 2 rings (SSSR count). The van der Waals surface area contributed by atoms with Crippen LogP contribution in [0.1, 0.15) is 16.8 Å². The first-order valence-electron chi connectivity index (χ1n) is 6.01. The normalized spacial score (nSPS) is 10.4. The zero-order valence-corrected chi connectivity index (χ0v) is 10.7. The third kappa shape index (κ3) is 3.59. The van der Waals surface area contributed by atoms with Gasteiger partial charge >= 0.3 is 0 Å². The highest BCUT2D eigenvalue weighted by atomic mass is 16.6. The van der Waals surface area contributed by atoms with Gasteiger partial charge in [-0.2, -0.15) is 0 Å². The zero-order chi connectivity index (χ0) is 13.7. The Kier molecular flexibility index (Phi) is 4.20. The topological polar surface area (TPSA) is 68.1 Å². The molecule has 0 saturated carbocycles. The Morgan fingerprint density at radius 2 is 2.00 bits per heavy atom. The van der Waals surface area contributed by atoms with Gasteiger partial charge in [0.25, 0.3) is 5.69 Å². The van der Waals surface area contributed by atoms with Crippen LogP contribution < -0.4 is 5.32 Å². The molecule has 0 unspecified atom stereocenters. The number of rotatable bonds is 5.